The van der Waals surface area contributed by atoms with Gasteiger partial charge >= 0.3 is 0 Å². The van der Waals surface area contributed by atoms with Crippen LogP contribution in [0.4, 0.5) is 4.39 Å². The summed E-state index contributed by atoms with van der Waals surface area (Å²) in [7, 11) is 0. The molecule has 1 unspecified atom stereocenters. The SMILES string of the molecule is CCCOc1ccc(C(O)=C2C(=O)C(=O)N(CCN3CCOCC3)C2c2ccc(F)cc2)c(C)c1. The van der Waals surface area contributed by atoms with Crippen molar-refractivity contribution in [2.24, 2.45) is 0 Å². The van der Waals surface area contributed by atoms with Crippen molar-refractivity contribution in [2.75, 3.05) is 46.0 Å². The number of hydrogen-bond acceptors (Lipinski definition) is 6. The maximum absolute atomic E-state index is 13.7. The van der Waals surface area contributed by atoms with Crippen LogP contribution in [0.1, 0.15) is 36.1 Å². The molecule has 0 bridgehead atoms. The fourth-order valence-electron chi connectivity index (χ4n) is 4.53. The van der Waals surface area contributed by atoms with Crippen LogP contribution >= 0.6 is 0 Å². The Bertz CT molecular complexity index is 1110. The quantitative estimate of drug-likeness (QED) is 0.351. The number of carbonyl (C=O) groups is 2. The zero-order valence-corrected chi connectivity index (χ0v) is 20.1. The van der Waals surface area contributed by atoms with Gasteiger partial charge in [0.2, 0.25) is 0 Å². The van der Waals surface area contributed by atoms with Crippen molar-refractivity contribution < 1.29 is 28.6 Å². The highest BCUT2D eigenvalue weighted by Gasteiger charge is 2.46. The maximum atomic E-state index is 13.7. The third-order valence-corrected chi connectivity index (χ3v) is 6.41. The molecule has 0 spiro atoms. The Morgan fingerprint density at radius 1 is 1.11 bits per heavy atom. The molecule has 4 rings (SSSR count). The van der Waals surface area contributed by atoms with Gasteiger partial charge in [-0.25, -0.2) is 4.39 Å². The van der Waals surface area contributed by atoms with Gasteiger partial charge in [0.1, 0.15) is 17.3 Å². The second-order valence-electron chi connectivity index (χ2n) is 8.82. The lowest BCUT2D eigenvalue weighted by Crippen LogP contribution is -2.42. The molecule has 2 saturated heterocycles. The van der Waals surface area contributed by atoms with Crippen molar-refractivity contribution in [1.82, 2.24) is 9.80 Å². The van der Waals surface area contributed by atoms with E-state index < -0.39 is 23.5 Å². The minimum Gasteiger partial charge on any atom is -0.507 e. The summed E-state index contributed by atoms with van der Waals surface area (Å²) in [5.74, 6) is -1.41. The normalized spacial score (nSPS) is 20.4. The summed E-state index contributed by atoms with van der Waals surface area (Å²) in [6, 6.07) is 10.1. The molecule has 0 saturated carbocycles. The van der Waals surface area contributed by atoms with Crippen molar-refractivity contribution in [3.8, 4) is 5.75 Å². The molecule has 7 nitrogen and oxygen atoms in total. The molecular weight excluding hydrogens is 451 g/mol. The van der Waals surface area contributed by atoms with Crippen LogP contribution in [0.2, 0.25) is 0 Å². The van der Waals surface area contributed by atoms with E-state index in [-0.39, 0.29) is 11.3 Å². The summed E-state index contributed by atoms with van der Waals surface area (Å²) < 4.78 is 24.7. The summed E-state index contributed by atoms with van der Waals surface area (Å²) in [6.45, 7) is 8.00. The molecule has 2 heterocycles. The topological polar surface area (TPSA) is 79.3 Å². The molecule has 1 amide bonds. The van der Waals surface area contributed by atoms with E-state index in [0.29, 0.717) is 55.4 Å². The average molecular weight is 483 g/mol. The van der Waals surface area contributed by atoms with Gasteiger partial charge in [0.15, 0.2) is 0 Å². The minimum absolute atomic E-state index is 0.00825. The van der Waals surface area contributed by atoms with E-state index in [4.69, 9.17) is 9.47 Å². The summed E-state index contributed by atoms with van der Waals surface area (Å²) >= 11 is 0. The van der Waals surface area contributed by atoms with E-state index in [2.05, 4.69) is 4.90 Å². The Labute approximate surface area is 204 Å². The van der Waals surface area contributed by atoms with Gasteiger partial charge in [0.05, 0.1) is 31.4 Å². The van der Waals surface area contributed by atoms with Crippen LogP contribution in [0.3, 0.4) is 0 Å². The van der Waals surface area contributed by atoms with Crippen LogP contribution in [0.25, 0.3) is 5.76 Å². The number of carbonyl (C=O) groups excluding carboxylic acids is 2. The molecule has 2 aliphatic rings. The Kier molecular flexibility index (Phi) is 7.83. The minimum atomic E-state index is -0.813. The lowest BCUT2D eigenvalue weighted by atomic mass is 9.94. The molecule has 2 aromatic carbocycles. The molecule has 2 aliphatic heterocycles. The van der Waals surface area contributed by atoms with Crippen LogP contribution < -0.4 is 4.74 Å². The third-order valence-electron chi connectivity index (χ3n) is 6.41. The Morgan fingerprint density at radius 3 is 2.49 bits per heavy atom. The zero-order valence-electron chi connectivity index (χ0n) is 20.1. The second kappa shape index (κ2) is 11.0. The fraction of sp³-hybridized carbons (Fsp3) is 0.407. The number of aliphatic hydroxyl groups is 1. The maximum Gasteiger partial charge on any atom is 0.295 e. The second-order valence-corrected chi connectivity index (χ2v) is 8.82. The number of halogens is 1. The zero-order chi connectivity index (χ0) is 24.9. The molecule has 2 aromatic rings. The molecule has 0 aliphatic carbocycles. The Balaban J connectivity index is 1.71. The molecular formula is C27H31FN2O5. The van der Waals surface area contributed by atoms with Crippen molar-refractivity contribution in [3.05, 3.63) is 70.5 Å². The molecule has 1 atom stereocenters. The first-order valence-corrected chi connectivity index (χ1v) is 12.0. The number of hydrogen-bond donors (Lipinski definition) is 1. The number of rotatable bonds is 8. The number of benzene rings is 2. The molecule has 1 N–H and O–H groups in total. The largest absolute Gasteiger partial charge is 0.507 e. The first kappa shape index (κ1) is 24.9. The van der Waals surface area contributed by atoms with Crippen molar-refractivity contribution in [2.45, 2.75) is 26.3 Å². The highest BCUT2D eigenvalue weighted by Crippen LogP contribution is 2.40. The van der Waals surface area contributed by atoms with Crippen LogP contribution in [-0.4, -0.2) is 72.6 Å². The van der Waals surface area contributed by atoms with E-state index in [1.165, 1.54) is 17.0 Å². The number of ether oxygens (including phenoxy) is 2. The van der Waals surface area contributed by atoms with Gasteiger partial charge < -0.3 is 19.5 Å². The van der Waals surface area contributed by atoms with Gasteiger partial charge in [-0.1, -0.05) is 19.1 Å². The third kappa shape index (κ3) is 5.39. The van der Waals surface area contributed by atoms with Crippen molar-refractivity contribution in [3.63, 3.8) is 0 Å². The van der Waals surface area contributed by atoms with Crippen LogP contribution in [0.15, 0.2) is 48.0 Å². The predicted octanol–water partition coefficient (Wildman–Crippen LogP) is 3.68. The van der Waals surface area contributed by atoms with E-state index in [0.717, 1.165) is 19.5 Å². The van der Waals surface area contributed by atoms with E-state index in [1.807, 2.05) is 13.8 Å². The van der Waals surface area contributed by atoms with Crippen molar-refractivity contribution >= 4 is 17.4 Å². The Morgan fingerprint density at radius 2 is 1.83 bits per heavy atom. The lowest BCUT2D eigenvalue weighted by molar-refractivity contribution is -0.140. The van der Waals surface area contributed by atoms with E-state index in [1.54, 1.807) is 30.3 Å². The van der Waals surface area contributed by atoms with Gasteiger partial charge in [-0.05, 0) is 54.8 Å². The molecule has 0 aromatic heterocycles. The molecule has 186 valence electrons. The average Bonchev–Trinajstić information content (AvgIpc) is 3.12. The van der Waals surface area contributed by atoms with Gasteiger partial charge in [0, 0.05) is 31.7 Å². The molecule has 35 heavy (non-hydrogen) atoms. The van der Waals surface area contributed by atoms with E-state index in [9.17, 15) is 19.1 Å². The summed E-state index contributed by atoms with van der Waals surface area (Å²) in [5.41, 5.74) is 1.74. The number of morpholine rings is 1. The highest BCUT2D eigenvalue weighted by atomic mass is 19.1. The van der Waals surface area contributed by atoms with Gasteiger partial charge in [0.25, 0.3) is 11.7 Å². The lowest BCUT2D eigenvalue weighted by Gasteiger charge is -2.31. The number of ketones is 1. The number of nitrogens with zero attached hydrogens (tertiary/aromatic N) is 2. The van der Waals surface area contributed by atoms with Crippen LogP contribution in [0, 0.1) is 12.7 Å². The number of likely N-dealkylation sites (tertiary alicyclic amines) is 1. The highest BCUT2D eigenvalue weighted by molar-refractivity contribution is 6.46. The van der Waals surface area contributed by atoms with Gasteiger partial charge in [-0.2, -0.15) is 0 Å². The molecule has 8 heteroatoms. The summed E-state index contributed by atoms with van der Waals surface area (Å²) in [5, 5.41) is 11.3. The number of aliphatic hydroxyl groups excluding tert-OH is 1. The fourth-order valence-corrected chi connectivity index (χ4v) is 4.53. The van der Waals surface area contributed by atoms with Gasteiger partial charge in [-0.3, -0.25) is 14.5 Å². The molecule has 2 fully saturated rings. The summed E-state index contributed by atoms with van der Waals surface area (Å²) in [6.07, 6.45) is 0.867. The van der Waals surface area contributed by atoms with Gasteiger partial charge in [-0.15, -0.1) is 0 Å². The number of aryl methyl sites for hydroxylation is 1. The number of amides is 1. The first-order valence-electron chi connectivity index (χ1n) is 12.0. The van der Waals surface area contributed by atoms with Crippen LogP contribution in [-0.2, 0) is 14.3 Å². The first-order chi connectivity index (χ1) is 16.9. The van der Waals surface area contributed by atoms with Crippen LogP contribution in [0.5, 0.6) is 5.75 Å². The smallest absolute Gasteiger partial charge is 0.295 e. The van der Waals surface area contributed by atoms with Crippen molar-refractivity contribution in [1.29, 1.82) is 0 Å². The molecule has 0 radical (unpaired) electrons. The monoisotopic (exact) mass is 482 g/mol. The Hall–Kier alpha value is -3.23. The van der Waals surface area contributed by atoms with E-state index >= 15 is 0 Å². The predicted molar refractivity (Wildman–Crippen MR) is 130 cm³/mol. The number of Topliss-reactive ketones (excluding diaryl/α,β-unsaturated/α-hetero) is 1. The standard InChI is InChI=1S/C27H31FN2O5/c1-3-14-35-21-8-9-22(18(2)17-21)25(31)23-24(19-4-6-20(28)7-5-19)30(27(33)26(23)32)11-10-29-12-15-34-16-13-29/h4-9,17,24,31H,3,10-16H2,1-2H3. The summed E-state index contributed by atoms with van der Waals surface area (Å²) in [4.78, 5) is 30.0.